The van der Waals surface area contributed by atoms with E-state index in [1.807, 2.05) is 4.90 Å². The van der Waals surface area contributed by atoms with Crippen molar-refractivity contribution in [3.8, 4) is 0 Å². The molecular weight excluding hydrogens is 337 g/mol. The van der Waals surface area contributed by atoms with Crippen molar-refractivity contribution in [3.63, 3.8) is 0 Å². The summed E-state index contributed by atoms with van der Waals surface area (Å²) in [4.78, 5) is 32.0. The minimum atomic E-state index is -4.66. The van der Waals surface area contributed by atoms with E-state index in [9.17, 15) is 22.8 Å². The molecule has 25 heavy (non-hydrogen) atoms. The van der Waals surface area contributed by atoms with Crippen LogP contribution >= 0.6 is 0 Å². The molecule has 1 fully saturated rings. The van der Waals surface area contributed by atoms with E-state index in [1.54, 1.807) is 11.2 Å². The molecule has 1 amide bonds. The molecule has 0 spiro atoms. The minimum Gasteiger partial charge on any atom is -0.370 e. The first kappa shape index (κ1) is 17.0. The topological polar surface area (TPSA) is 78.1 Å². The molecule has 6 nitrogen and oxygen atoms in total. The van der Waals surface area contributed by atoms with Gasteiger partial charge in [-0.15, -0.1) is 0 Å². The van der Waals surface area contributed by atoms with E-state index >= 15 is 0 Å². The minimum absolute atomic E-state index is 0.248. The monoisotopic (exact) mass is 352 g/mol. The SMILES string of the molecule is O=C(Nc1ccc(C(F)(F)F)[nH]c1=O)c1ccncc1N1CCCC1. The van der Waals surface area contributed by atoms with Crippen LogP contribution in [0.2, 0.25) is 0 Å². The number of aromatic nitrogens is 2. The van der Waals surface area contributed by atoms with Crippen LogP contribution in [0.3, 0.4) is 0 Å². The largest absolute Gasteiger partial charge is 0.431 e. The average Bonchev–Trinajstić information content (AvgIpc) is 3.10. The van der Waals surface area contributed by atoms with Gasteiger partial charge in [0, 0.05) is 19.3 Å². The van der Waals surface area contributed by atoms with Crippen molar-refractivity contribution in [1.29, 1.82) is 0 Å². The Hall–Kier alpha value is -2.84. The number of rotatable bonds is 3. The number of nitrogens with one attached hydrogen (secondary N) is 2. The summed E-state index contributed by atoms with van der Waals surface area (Å²) in [5, 5.41) is 2.36. The summed E-state index contributed by atoms with van der Waals surface area (Å²) in [5.74, 6) is -0.574. The summed E-state index contributed by atoms with van der Waals surface area (Å²) in [5.41, 5.74) is -1.48. The van der Waals surface area contributed by atoms with Gasteiger partial charge in [0.05, 0.1) is 17.4 Å². The number of anilines is 2. The predicted molar refractivity (Wildman–Crippen MR) is 85.7 cm³/mol. The van der Waals surface area contributed by atoms with Gasteiger partial charge in [-0.1, -0.05) is 0 Å². The lowest BCUT2D eigenvalue weighted by molar-refractivity contribution is -0.141. The highest BCUT2D eigenvalue weighted by Gasteiger charge is 2.32. The second kappa shape index (κ2) is 6.58. The number of carbonyl (C=O) groups is 1. The number of aromatic amines is 1. The lowest BCUT2D eigenvalue weighted by Crippen LogP contribution is -2.25. The van der Waals surface area contributed by atoms with Crippen LogP contribution < -0.4 is 15.8 Å². The normalized spacial score (nSPS) is 14.6. The molecule has 2 N–H and O–H groups in total. The summed E-state index contributed by atoms with van der Waals surface area (Å²) in [7, 11) is 0. The second-order valence-corrected chi connectivity index (χ2v) is 5.65. The molecule has 9 heteroatoms. The van der Waals surface area contributed by atoms with Gasteiger partial charge in [0.25, 0.3) is 11.5 Å². The van der Waals surface area contributed by atoms with Crippen LogP contribution in [0.4, 0.5) is 24.5 Å². The standard InChI is InChI=1S/C16H15F3N4O2/c17-16(18,19)13-4-3-11(15(25)22-13)21-14(24)10-5-6-20-9-12(10)23-7-1-2-8-23/h3-6,9H,1-2,7-8H2,(H,21,24)(H,22,25). The van der Waals surface area contributed by atoms with Crippen molar-refractivity contribution in [2.24, 2.45) is 0 Å². The third-order valence-electron chi connectivity index (χ3n) is 3.95. The summed E-state index contributed by atoms with van der Waals surface area (Å²) >= 11 is 0. The van der Waals surface area contributed by atoms with E-state index in [0.29, 0.717) is 17.3 Å². The van der Waals surface area contributed by atoms with Crippen molar-refractivity contribution in [2.45, 2.75) is 19.0 Å². The molecule has 0 atom stereocenters. The Kier molecular flexibility index (Phi) is 4.47. The van der Waals surface area contributed by atoms with E-state index in [1.165, 1.54) is 12.3 Å². The Morgan fingerprint density at radius 1 is 1.20 bits per heavy atom. The first-order chi connectivity index (χ1) is 11.9. The zero-order chi connectivity index (χ0) is 18.0. The third-order valence-corrected chi connectivity index (χ3v) is 3.95. The zero-order valence-electron chi connectivity index (χ0n) is 13.1. The molecule has 132 valence electrons. The van der Waals surface area contributed by atoms with Crippen molar-refractivity contribution in [1.82, 2.24) is 9.97 Å². The van der Waals surface area contributed by atoms with Crippen LogP contribution in [0.25, 0.3) is 0 Å². The van der Waals surface area contributed by atoms with Crippen molar-refractivity contribution in [3.05, 3.63) is 52.2 Å². The number of hydrogen-bond donors (Lipinski definition) is 2. The molecule has 0 unspecified atom stereocenters. The number of alkyl halides is 3. The highest BCUT2D eigenvalue weighted by molar-refractivity contribution is 6.07. The fraction of sp³-hybridized carbons (Fsp3) is 0.312. The van der Waals surface area contributed by atoms with Crippen molar-refractivity contribution in [2.75, 3.05) is 23.3 Å². The Bertz CT molecular complexity index is 842. The van der Waals surface area contributed by atoms with E-state index < -0.39 is 23.3 Å². The van der Waals surface area contributed by atoms with Crippen LogP contribution in [0, 0.1) is 0 Å². The summed E-state index contributed by atoms with van der Waals surface area (Å²) < 4.78 is 37.7. The molecule has 2 aromatic rings. The fourth-order valence-corrected chi connectivity index (χ4v) is 2.72. The Morgan fingerprint density at radius 3 is 2.56 bits per heavy atom. The number of pyridine rings is 2. The molecule has 0 radical (unpaired) electrons. The Balaban J connectivity index is 1.85. The van der Waals surface area contributed by atoms with E-state index in [4.69, 9.17) is 0 Å². The number of carbonyl (C=O) groups excluding carboxylic acids is 1. The molecule has 0 bridgehead atoms. The molecule has 1 aliphatic rings. The molecule has 0 saturated carbocycles. The second-order valence-electron chi connectivity index (χ2n) is 5.65. The van der Waals surface area contributed by atoms with Gasteiger partial charge in [0.2, 0.25) is 0 Å². The summed E-state index contributed by atoms with van der Waals surface area (Å²) in [6, 6.07) is 3.17. The smallest absolute Gasteiger partial charge is 0.370 e. The average molecular weight is 352 g/mol. The van der Waals surface area contributed by atoms with Crippen molar-refractivity contribution < 1.29 is 18.0 Å². The lowest BCUT2D eigenvalue weighted by Gasteiger charge is -2.20. The van der Waals surface area contributed by atoms with Gasteiger partial charge in [0.1, 0.15) is 11.4 Å². The molecule has 3 heterocycles. The fourth-order valence-electron chi connectivity index (χ4n) is 2.72. The molecule has 3 rings (SSSR count). The highest BCUT2D eigenvalue weighted by Crippen LogP contribution is 2.27. The number of halogens is 3. The van der Waals surface area contributed by atoms with Gasteiger partial charge >= 0.3 is 6.18 Å². The summed E-state index contributed by atoms with van der Waals surface area (Å²) in [6.45, 7) is 1.60. The number of nitrogens with zero attached hydrogens (tertiary/aromatic N) is 2. The maximum atomic E-state index is 12.6. The highest BCUT2D eigenvalue weighted by atomic mass is 19.4. The van der Waals surface area contributed by atoms with Crippen molar-refractivity contribution >= 4 is 17.3 Å². The van der Waals surface area contributed by atoms with Gasteiger partial charge in [-0.05, 0) is 31.0 Å². The molecule has 0 aliphatic carbocycles. The lowest BCUT2D eigenvalue weighted by atomic mass is 10.2. The van der Waals surface area contributed by atoms with Crippen LogP contribution in [-0.4, -0.2) is 29.0 Å². The Labute approximate surface area is 140 Å². The first-order valence-electron chi connectivity index (χ1n) is 7.67. The molecule has 1 aliphatic heterocycles. The zero-order valence-corrected chi connectivity index (χ0v) is 13.1. The number of H-pyrrole nitrogens is 1. The van der Waals surface area contributed by atoms with Crippen LogP contribution in [0.1, 0.15) is 28.9 Å². The maximum absolute atomic E-state index is 12.6. The first-order valence-corrected chi connectivity index (χ1v) is 7.67. The predicted octanol–water partition coefficient (Wildman–Crippen LogP) is 2.64. The summed E-state index contributed by atoms with van der Waals surface area (Å²) in [6.07, 6.45) is 0.376. The molecule has 0 aromatic carbocycles. The number of hydrogen-bond acceptors (Lipinski definition) is 4. The van der Waals surface area contributed by atoms with Gasteiger partial charge in [0.15, 0.2) is 0 Å². The Morgan fingerprint density at radius 2 is 1.92 bits per heavy atom. The third kappa shape index (κ3) is 3.65. The van der Waals surface area contributed by atoms with Crippen LogP contribution in [-0.2, 0) is 6.18 Å². The van der Waals surface area contributed by atoms with Gasteiger partial charge in [-0.25, -0.2) is 0 Å². The molecule has 2 aromatic heterocycles. The van der Waals surface area contributed by atoms with Crippen LogP contribution in [0.5, 0.6) is 0 Å². The van der Waals surface area contributed by atoms with Gasteiger partial charge in [-0.3, -0.25) is 14.6 Å². The van der Waals surface area contributed by atoms with E-state index in [2.05, 4.69) is 10.3 Å². The molecule has 1 saturated heterocycles. The number of amides is 1. The molecular formula is C16H15F3N4O2. The van der Waals surface area contributed by atoms with Gasteiger partial charge in [-0.2, -0.15) is 13.2 Å². The van der Waals surface area contributed by atoms with Gasteiger partial charge < -0.3 is 15.2 Å². The van der Waals surface area contributed by atoms with Crippen LogP contribution in [0.15, 0.2) is 35.4 Å². The van der Waals surface area contributed by atoms with E-state index in [0.717, 1.165) is 32.0 Å². The quantitative estimate of drug-likeness (QED) is 0.890. The maximum Gasteiger partial charge on any atom is 0.431 e. The van der Waals surface area contributed by atoms with E-state index in [-0.39, 0.29) is 5.69 Å².